The summed E-state index contributed by atoms with van der Waals surface area (Å²) in [5.74, 6) is 1.04. The standard InChI is InChI=1S/C17H20O4/c1-2-20-15(19)10-9-11-5-3-6-12-13-7-4-8-14(18)17(13)21-16(11)12/h3,5-6,13,17H,2,4,7-10H2,1H3/t13-,17+/m0/s1. The minimum absolute atomic E-state index is 0.193. The molecule has 4 heteroatoms. The van der Waals surface area contributed by atoms with Gasteiger partial charge in [-0.3, -0.25) is 9.59 Å². The van der Waals surface area contributed by atoms with Crippen LogP contribution in [-0.2, 0) is 20.7 Å². The van der Waals surface area contributed by atoms with Crippen molar-refractivity contribution in [1.29, 1.82) is 0 Å². The molecule has 3 rings (SSSR count). The quantitative estimate of drug-likeness (QED) is 0.799. The van der Waals surface area contributed by atoms with Gasteiger partial charge in [0, 0.05) is 24.3 Å². The Kier molecular flexibility index (Phi) is 3.95. The molecular weight excluding hydrogens is 268 g/mol. The first-order valence-electron chi connectivity index (χ1n) is 7.67. The van der Waals surface area contributed by atoms with Crippen molar-refractivity contribution in [3.05, 3.63) is 29.3 Å². The number of rotatable bonds is 4. The minimum Gasteiger partial charge on any atom is -0.481 e. The van der Waals surface area contributed by atoms with Gasteiger partial charge in [-0.05, 0) is 31.7 Å². The van der Waals surface area contributed by atoms with Crippen LogP contribution in [0, 0.1) is 0 Å². The maximum absolute atomic E-state index is 12.0. The van der Waals surface area contributed by atoms with Crippen molar-refractivity contribution < 1.29 is 19.1 Å². The van der Waals surface area contributed by atoms with Gasteiger partial charge in [-0.2, -0.15) is 0 Å². The molecule has 0 saturated heterocycles. The molecule has 1 fully saturated rings. The molecule has 4 nitrogen and oxygen atoms in total. The molecule has 0 aromatic heterocycles. The Balaban J connectivity index is 1.78. The molecule has 0 amide bonds. The molecule has 0 N–H and O–H groups in total. The van der Waals surface area contributed by atoms with Gasteiger partial charge in [0.1, 0.15) is 5.75 Å². The summed E-state index contributed by atoms with van der Waals surface area (Å²) in [6.45, 7) is 2.21. The first-order chi connectivity index (χ1) is 10.2. The van der Waals surface area contributed by atoms with Crippen LogP contribution in [0.5, 0.6) is 5.75 Å². The summed E-state index contributed by atoms with van der Waals surface area (Å²) in [5, 5.41) is 0. The maximum atomic E-state index is 12.0. The van der Waals surface area contributed by atoms with E-state index in [1.54, 1.807) is 6.92 Å². The fourth-order valence-electron chi connectivity index (χ4n) is 3.31. The number of para-hydroxylation sites is 1. The van der Waals surface area contributed by atoms with Crippen LogP contribution in [-0.4, -0.2) is 24.5 Å². The molecule has 1 aliphatic carbocycles. The van der Waals surface area contributed by atoms with Crippen LogP contribution in [0.3, 0.4) is 0 Å². The lowest BCUT2D eigenvalue weighted by atomic mass is 9.82. The second kappa shape index (κ2) is 5.88. The van der Waals surface area contributed by atoms with Crippen molar-refractivity contribution in [3.8, 4) is 5.75 Å². The monoisotopic (exact) mass is 288 g/mol. The van der Waals surface area contributed by atoms with Gasteiger partial charge in [-0.15, -0.1) is 0 Å². The second-order valence-electron chi connectivity index (χ2n) is 5.64. The number of carbonyl (C=O) groups excluding carboxylic acids is 2. The third-order valence-corrected chi connectivity index (χ3v) is 4.30. The van der Waals surface area contributed by atoms with Crippen molar-refractivity contribution in [2.24, 2.45) is 0 Å². The first-order valence-corrected chi connectivity index (χ1v) is 7.67. The van der Waals surface area contributed by atoms with Crippen LogP contribution >= 0.6 is 0 Å². The van der Waals surface area contributed by atoms with E-state index in [0.29, 0.717) is 25.9 Å². The van der Waals surface area contributed by atoms with E-state index in [1.807, 2.05) is 18.2 Å². The van der Waals surface area contributed by atoms with Crippen molar-refractivity contribution in [2.45, 2.75) is 51.0 Å². The fraction of sp³-hybridized carbons (Fsp3) is 0.529. The third-order valence-electron chi connectivity index (χ3n) is 4.30. The number of ether oxygens (including phenoxy) is 2. The maximum Gasteiger partial charge on any atom is 0.306 e. The van der Waals surface area contributed by atoms with Crippen LogP contribution < -0.4 is 4.74 Å². The lowest BCUT2D eigenvalue weighted by Crippen LogP contribution is -2.32. The largest absolute Gasteiger partial charge is 0.481 e. The van der Waals surface area contributed by atoms with Crippen LogP contribution in [0.1, 0.15) is 49.7 Å². The number of carbonyl (C=O) groups is 2. The summed E-state index contributed by atoms with van der Waals surface area (Å²) in [5.41, 5.74) is 2.14. The average Bonchev–Trinajstić information content (AvgIpc) is 2.86. The lowest BCUT2D eigenvalue weighted by molar-refractivity contribution is -0.143. The molecule has 1 aromatic carbocycles. The summed E-state index contributed by atoms with van der Waals surface area (Å²) in [6, 6.07) is 6.01. The molecular formula is C17H20O4. The molecule has 0 bridgehead atoms. The Hall–Kier alpha value is -1.84. The predicted molar refractivity (Wildman–Crippen MR) is 77.4 cm³/mol. The van der Waals surface area contributed by atoms with Crippen LogP contribution in [0.4, 0.5) is 0 Å². The number of ketones is 1. The SMILES string of the molecule is CCOC(=O)CCc1cccc2c1O[C@H]1C(=O)CCC[C@@H]21. The number of aryl methyl sites for hydroxylation is 1. The van der Waals surface area contributed by atoms with E-state index in [0.717, 1.165) is 29.7 Å². The summed E-state index contributed by atoms with van der Waals surface area (Å²) < 4.78 is 10.9. The van der Waals surface area contributed by atoms with Crippen LogP contribution in [0.2, 0.25) is 0 Å². The molecule has 2 aliphatic rings. The zero-order valence-electron chi connectivity index (χ0n) is 12.3. The zero-order valence-corrected chi connectivity index (χ0v) is 12.3. The van der Waals surface area contributed by atoms with Crippen LogP contribution in [0.15, 0.2) is 18.2 Å². The smallest absolute Gasteiger partial charge is 0.306 e. The molecule has 0 unspecified atom stereocenters. The highest BCUT2D eigenvalue weighted by Crippen LogP contribution is 2.46. The summed E-state index contributed by atoms with van der Waals surface area (Å²) in [4.78, 5) is 23.5. The van der Waals surface area contributed by atoms with Gasteiger partial charge >= 0.3 is 5.97 Å². The number of fused-ring (bicyclic) bond motifs is 3. The van der Waals surface area contributed by atoms with Gasteiger partial charge in [0.25, 0.3) is 0 Å². The van der Waals surface area contributed by atoms with Gasteiger partial charge in [-0.1, -0.05) is 18.2 Å². The lowest BCUT2D eigenvalue weighted by Gasteiger charge is -2.22. The van der Waals surface area contributed by atoms with E-state index in [2.05, 4.69) is 0 Å². The molecule has 1 saturated carbocycles. The third kappa shape index (κ3) is 2.67. The number of Topliss-reactive ketones (excluding diaryl/α,β-unsaturated/α-hetero) is 1. The normalized spacial score (nSPS) is 23.2. The number of benzene rings is 1. The first kappa shape index (κ1) is 14.1. The molecule has 1 aliphatic heterocycles. The van der Waals surface area contributed by atoms with Crippen molar-refractivity contribution >= 4 is 11.8 Å². The van der Waals surface area contributed by atoms with Crippen molar-refractivity contribution in [1.82, 2.24) is 0 Å². The summed E-state index contributed by atoms with van der Waals surface area (Å²) in [6.07, 6.45) is 3.19. The van der Waals surface area contributed by atoms with Crippen LogP contribution in [0.25, 0.3) is 0 Å². The Labute approximate surface area is 124 Å². The minimum atomic E-state index is -0.308. The molecule has 112 valence electrons. The van der Waals surface area contributed by atoms with E-state index in [4.69, 9.17) is 9.47 Å². The molecule has 2 atom stereocenters. The van der Waals surface area contributed by atoms with Gasteiger partial charge < -0.3 is 9.47 Å². The number of hydrogen-bond acceptors (Lipinski definition) is 4. The Bertz CT molecular complexity index is 564. The summed E-state index contributed by atoms with van der Waals surface area (Å²) in [7, 11) is 0. The van der Waals surface area contributed by atoms with E-state index in [1.165, 1.54) is 0 Å². The molecule has 1 heterocycles. The van der Waals surface area contributed by atoms with E-state index < -0.39 is 0 Å². The molecule has 21 heavy (non-hydrogen) atoms. The fourth-order valence-corrected chi connectivity index (χ4v) is 3.31. The van der Waals surface area contributed by atoms with Crippen molar-refractivity contribution in [2.75, 3.05) is 6.61 Å². The Morgan fingerprint density at radius 1 is 1.43 bits per heavy atom. The van der Waals surface area contributed by atoms with E-state index in [-0.39, 0.29) is 23.8 Å². The molecule has 1 aromatic rings. The van der Waals surface area contributed by atoms with Gasteiger partial charge in [-0.25, -0.2) is 0 Å². The second-order valence-corrected chi connectivity index (χ2v) is 5.64. The van der Waals surface area contributed by atoms with Gasteiger partial charge in [0.05, 0.1) is 6.61 Å². The zero-order chi connectivity index (χ0) is 14.8. The number of hydrogen-bond donors (Lipinski definition) is 0. The Morgan fingerprint density at radius 2 is 2.29 bits per heavy atom. The summed E-state index contributed by atoms with van der Waals surface area (Å²) >= 11 is 0. The molecule has 0 radical (unpaired) electrons. The number of esters is 1. The highest BCUT2D eigenvalue weighted by Gasteiger charge is 2.41. The highest BCUT2D eigenvalue weighted by molar-refractivity contribution is 5.86. The van der Waals surface area contributed by atoms with E-state index >= 15 is 0 Å². The van der Waals surface area contributed by atoms with Gasteiger partial charge in [0.2, 0.25) is 0 Å². The Morgan fingerprint density at radius 3 is 3.10 bits per heavy atom. The van der Waals surface area contributed by atoms with Crippen molar-refractivity contribution in [3.63, 3.8) is 0 Å². The average molecular weight is 288 g/mol. The molecule has 0 spiro atoms. The van der Waals surface area contributed by atoms with Gasteiger partial charge in [0.15, 0.2) is 11.9 Å². The predicted octanol–water partition coefficient (Wildman–Crippen LogP) is 2.78. The van der Waals surface area contributed by atoms with E-state index in [9.17, 15) is 9.59 Å². The topological polar surface area (TPSA) is 52.6 Å². The highest BCUT2D eigenvalue weighted by atomic mass is 16.5.